The van der Waals surface area contributed by atoms with E-state index in [0.717, 1.165) is 28.3 Å². The lowest BCUT2D eigenvalue weighted by Crippen LogP contribution is -2.13. The number of hydrogen-bond acceptors (Lipinski definition) is 5. The quantitative estimate of drug-likeness (QED) is 0.792. The van der Waals surface area contributed by atoms with Crippen LogP contribution >= 0.6 is 11.3 Å². The first kappa shape index (κ1) is 12.2. The second kappa shape index (κ2) is 5.42. The van der Waals surface area contributed by atoms with E-state index in [9.17, 15) is 0 Å². The van der Waals surface area contributed by atoms with Crippen LogP contribution in [-0.2, 0) is 13.1 Å². The Balaban J connectivity index is 1.65. The third-order valence-electron chi connectivity index (χ3n) is 2.75. The largest absolute Gasteiger partial charge is 0.305 e. The van der Waals surface area contributed by atoms with E-state index in [1.54, 1.807) is 11.3 Å². The van der Waals surface area contributed by atoms with Crippen molar-refractivity contribution in [3.63, 3.8) is 0 Å². The highest BCUT2D eigenvalue weighted by atomic mass is 32.1. The number of nitrogens with zero attached hydrogens (tertiary/aromatic N) is 3. The lowest BCUT2D eigenvalue weighted by Gasteiger charge is -2.03. The van der Waals surface area contributed by atoms with Crippen LogP contribution in [0, 0.1) is 6.92 Å². The second-order valence-corrected chi connectivity index (χ2v) is 5.64. The summed E-state index contributed by atoms with van der Waals surface area (Å²) >= 11 is 1.72. The minimum Gasteiger partial charge on any atom is -0.305 e. The topological polar surface area (TPSA) is 50.7 Å². The normalized spacial score (nSPS) is 11.0. The molecule has 1 N–H and O–H groups in total. The maximum atomic E-state index is 4.57. The SMILES string of the molecule is Cc1cnc(CNCc2cnc3ccccc3n2)s1. The molecule has 2 heterocycles. The number of hydrogen-bond donors (Lipinski definition) is 1. The summed E-state index contributed by atoms with van der Waals surface area (Å²) in [6.07, 6.45) is 3.72. The summed E-state index contributed by atoms with van der Waals surface area (Å²) in [6, 6.07) is 7.90. The molecule has 0 saturated heterocycles. The molecule has 5 heteroatoms. The summed E-state index contributed by atoms with van der Waals surface area (Å²) < 4.78 is 0. The fraction of sp³-hybridized carbons (Fsp3) is 0.214. The van der Waals surface area contributed by atoms with Crippen LogP contribution in [0.2, 0.25) is 0 Å². The average Bonchev–Trinajstić information content (AvgIpc) is 2.84. The van der Waals surface area contributed by atoms with Gasteiger partial charge in [0.15, 0.2) is 0 Å². The molecule has 0 amide bonds. The minimum atomic E-state index is 0.705. The molecule has 1 aromatic carbocycles. The molecule has 3 rings (SSSR count). The Morgan fingerprint density at radius 3 is 2.68 bits per heavy atom. The Kier molecular flexibility index (Phi) is 3.48. The second-order valence-electron chi connectivity index (χ2n) is 4.32. The van der Waals surface area contributed by atoms with Gasteiger partial charge in [0.1, 0.15) is 5.01 Å². The van der Waals surface area contributed by atoms with Gasteiger partial charge in [0.05, 0.1) is 22.9 Å². The van der Waals surface area contributed by atoms with Crippen LogP contribution in [-0.4, -0.2) is 15.0 Å². The zero-order valence-electron chi connectivity index (χ0n) is 10.6. The molecule has 0 aliphatic carbocycles. The number of para-hydroxylation sites is 2. The van der Waals surface area contributed by atoms with E-state index < -0.39 is 0 Å². The van der Waals surface area contributed by atoms with Crippen LogP contribution in [0.4, 0.5) is 0 Å². The molecule has 0 aliphatic rings. The van der Waals surface area contributed by atoms with Gasteiger partial charge in [-0.05, 0) is 19.1 Å². The highest BCUT2D eigenvalue weighted by Gasteiger charge is 2.01. The van der Waals surface area contributed by atoms with Gasteiger partial charge < -0.3 is 5.32 Å². The summed E-state index contributed by atoms with van der Waals surface area (Å²) in [5, 5.41) is 4.44. The molecule has 0 spiro atoms. The highest BCUT2D eigenvalue weighted by Crippen LogP contribution is 2.11. The molecule has 0 bridgehead atoms. The Morgan fingerprint density at radius 1 is 1.05 bits per heavy atom. The van der Waals surface area contributed by atoms with Crippen molar-refractivity contribution >= 4 is 22.4 Å². The average molecular weight is 270 g/mol. The minimum absolute atomic E-state index is 0.705. The third kappa shape index (κ3) is 2.94. The van der Waals surface area contributed by atoms with Crippen LogP contribution < -0.4 is 5.32 Å². The van der Waals surface area contributed by atoms with Gasteiger partial charge in [0.25, 0.3) is 0 Å². The standard InChI is InChI=1S/C14H14N4S/c1-10-6-17-14(19-10)9-15-7-11-8-16-12-4-2-3-5-13(12)18-11/h2-6,8,15H,7,9H2,1H3. The molecule has 0 fully saturated rings. The van der Waals surface area contributed by atoms with E-state index in [-0.39, 0.29) is 0 Å². The van der Waals surface area contributed by atoms with E-state index in [2.05, 4.69) is 27.2 Å². The third-order valence-corrected chi connectivity index (χ3v) is 3.66. The number of rotatable bonds is 4. The Hall–Kier alpha value is -1.85. The summed E-state index contributed by atoms with van der Waals surface area (Å²) in [5.41, 5.74) is 2.82. The summed E-state index contributed by atoms with van der Waals surface area (Å²) in [4.78, 5) is 14.5. The van der Waals surface area contributed by atoms with Crippen molar-refractivity contribution in [1.82, 2.24) is 20.3 Å². The molecule has 4 nitrogen and oxygen atoms in total. The molecule has 96 valence electrons. The maximum absolute atomic E-state index is 4.57. The van der Waals surface area contributed by atoms with Crippen LogP contribution in [0.3, 0.4) is 0 Å². The van der Waals surface area contributed by atoms with Gasteiger partial charge in [-0.2, -0.15) is 0 Å². The molecule has 19 heavy (non-hydrogen) atoms. The Morgan fingerprint density at radius 2 is 1.89 bits per heavy atom. The molecule has 0 radical (unpaired) electrons. The van der Waals surface area contributed by atoms with Crippen LogP contribution in [0.25, 0.3) is 11.0 Å². The molecule has 3 aromatic rings. The van der Waals surface area contributed by atoms with E-state index in [0.29, 0.717) is 6.54 Å². The lowest BCUT2D eigenvalue weighted by atomic mass is 10.3. The van der Waals surface area contributed by atoms with Crippen molar-refractivity contribution in [2.75, 3.05) is 0 Å². The fourth-order valence-electron chi connectivity index (χ4n) is 1.86. The molecular weight excluding hydrogens is 256 g/mol. The van der Waals surface area contributed by atoms with Gasteiger partial charge >= 0.3 is 0 Å². The van der Waals surface area contributed by atoms with Crippen LogP contribution in [0.1, 0.15) is 15.6 Å². The predicted octanol–water partition coefficient (Wildman–Crippen LogP) is 2.68. The van der Waals surface area contributed by atoms with E-state index in [4.69, 9.17) is 0 Å². The smallest absolute Gasteiger partial charge is 0.107 e. The zero-order chi connectivity index (χ0) is 13.1. The van der Waals surface area contributed by atoms with Crippen LogP contribution in [0.15, 0.2) is 36.7 Å². The van der Waals surface area contributed by atoms with Crippen LogP contribution in [0.5, 0.6) is 0 Å². The van der Waals surface area contributed by atoms with Gasteiger partial charge in [-0.25, -0.2) is 9.97 Å². The van der Waals surface area contributed by atoms with Gasteiger partial charge in [-0.3, -0.25) is 4.98 Å². The highest BCUT2D eigenvalue weighted by molar-refractivity contribution is 7.11. The Labute approximate surface area is 115 Å². The molecule has 0 saturated carbocycles. The van der Waals surface area contributed by atoms with Crippen molar-refractivity contribution in [3.8, 4) is 0 Å². The number of thiazole rings is 1. The van der Waals surface area contributed by atoms with Gasteiger partial charge in [0, 0.05) is 24.2 Å². The fourth-order valence-corrected chi connectivity index (χ4v) is 2.62. The van der Waals surface area contributed by atoms with E-state index in [1.807, 2.05) is 36.7 Å². The maximum Gasteiger partial charge on any atom is 0.107 e. The molecule has 2 aromatic heterocycles. The van der Waals surface area contributed by atoms with Crippen molar-refractivity contribution in [2.45, 2.75) is 20.0 Å². The van der Waals surface area contributed by atoms with Crippen molar-refractivity contribution < 1.29 is 0 Å². The molecule has 0 aliphatic heterocycles. The molecular formula is C14H14N4S. The number of nitrogens with one attached hydrogen (secondary N) is 1. The zero-order valence-corrected chi connectivity index (χ0v) is 11.4. The van der Waals surface area contributed by atoms with Gasteiger partial charge in [-0.15, -0.1) is 11.3 Å². The predicted molar refractivity (Wildman–Crippen MR) is 76.9 cm³/mol. The van der Waals surface area contributed by atoms with E-state index in [1.165, 1.54) is 4.88 Å². The van der Waals surface area contributed by atoms with Crippen molar-refractivity contribution in [3.05, 3.63) is 52.2 Å². The number of fused-ring (bicyclic) bond motifs is 1. The number of aryl methyl sites for hydroxylation is 1. The van der Waals surface area contributed by atoms with Gasteiger partial charge in [0.2, 0.25) is 0 Å². The number of benzene rings is 1. The summed E-state index contributed by atoms with van der Waals surface area (Å²) in [7, 11) is 0. The van der Waals surface area contributed by atoms with Crippen molar-refractivity contribution in [1.29, 1.82) is 0 Å². The lowest BCUT2D eigenvalue weighted by molar-refractivity contribution is 0.676. The first-order chi connectivity index (χ1) is 9.31. The summed E-state index contributed by atoms with van der Waals surface area (Å²) in [5.74, 6) is 0. The Bertz CT molecular complexity index is 692. The molecule has 0 unspecified atom stereocenters. The summed E-state index contributed by atoms with van der Waals surface area (Å²) in [6.45, 7) is 3.54. The first-order valence-corrected chi connectivity index (χ1v) is 6.95. The van der Waals surface area contributed by atoms with E-state index >= 15 is 0 Å². The number of aromatic nitrogens is 3. The first-order valence-electron chi connectivity index (χ1n) is 6.14. The van der Waals surface area contributed by atoms with Crippen molar-refractivity contribution in [2.24, 2.45) is 0 Å². The van der Waals surface area contributed by atoms with Gasteiger partial charge in [-0.1, -0.05) is 12.1 Å². The molecule has 0 atom stereocenters. The monoisotopic (exact) mass is 270 g/mol.